The topological polar surface area (TPSA) is 46.5 Å². The third-order valence-corrected chi connectivity index (χ3v) is 3.21. The summed E-state index contributed by atoms with van der Waals surface area (Å²) in [6.45, 7) is 4.36. The Labute approximate surface area is 118 Å². The number of hydrogen-bond donors (Lipinski definition) is 1. The fourth-order valence-electron chi connectivity index (χ4n) is 2.09. The minimum Gasteiger partial charge on any atom is -0.489 e. The Hall–Kier alpha value is -2.29. The van der Waals surface area contributed by atoms with Gasteiger partial charge in [0.1, 0.15) is 12.4 Å². The molecule has 0 aliphatic carbocycles. The SMILES string of the molecule is Cc1cc(OCc2ccccc2)c(C)cc1CC(=O)O. The van der Waals surface area contributed by atoms with Gasteiger partial charge in [-0.3, -0.25) is 4.79 Å². The summed E-state index contributed by atoms with van der Waals surface area (Å²) < 4.78 is 5.82. The van der Waals surface area contributed by atoms with Gasteiger partial charge in [-0.25, -0.2) is 0 Å². The molecule has 0 fully saturated rings. The van der Waals surface area contributed by atoms with E-state index in [1.807, 2.05) is 56.3 Å². The molecule has 0 unspecified atom stereocenters. The van der Waals surface area contributed by atoms with Gasteiger partial charge in [0.05, 0.1) is 6.42 Å². The van der Waals surface area contributed by atoms with Gasteiger partial charge in [-0.1, -0.05) is 36.4 Å². The van der Waals surface area contributed by atoms with Gasteiger partial charge in [0.25, 0.3) is 0 Å². The Morgan fingerprint density at radius 1 is 1.10 bits per heavy atom. The number of carboxylic acid groups (broad SMARTS) is 1. The molecule has 0 amide bonds. The van der Waals surface area contributed by atoms with Crippen LogP contribution in [0.3, 0.4) is 0 Å². The Balaban J connectivity index is 2.13. The van der Waals surface area contributed by atoms with Crippen LogP contribution in [-0.2, 0) is 17.8 Å². The second-order valence-electron chi connectivity index (χ2n) is 4.89. The minimum absolute atomic E-state index is 0.0473. The third kappa shape index (κ3) is 3.60. The molecule has 1 N–H and O–H groups in total. The summed E-state index contributed by atoms with van der Waals surface area (Å²) in [5.74, 6) is -0.00838. The molecule has 0 saturated heterocycles. The van der Waals surface area contributed by atoms with E-state index in [1.165, 1.54) is 0 Å². The van der Waals surface area contributed by atoms with E-state index in [1.54, 1.807) is 0 Å². The third-order valence-electron chi connectivity index (χ3n) is 3.21. The lowest BCUT2D eigenvalue weighted by atomic mass is 10.0. The molecule has 0 radical (unpaired) electrons. The highest BCUT2D eigenvalue weighted by molar-refractivity contribution is 5.71. The molecular formula is C17H18O3. The molecule has 2 aromatic carbocycles. The van der Waals surface area contributed by atoms with Crippen molar-refractivity contribution in [2.24, 2.45) is 0 Å². The second-order valence-corrected chi connectivity index (χ2v) is 4.89. The fourth-order valence-corrected chi connectivity index (χ4v) is 2.09. The van der Waals surface area contributed by atoms with E-state index in [9.17, 15) is 4.79 Å². The number of aryl methyl sites for hydroxylation is 2. The van der Waals surface area contributed by atoms with Crippen molar-refractivity contribution in [3.63, 3.8) is 0 Å². The zero-order valence-corrected chi connectivity index (χ0v) is 11.7. The van der Waals surface area contributed by atoms with Crippen molar-refractivity contribution in [2.45, 2.75) is 26.9 Å². The summed E-state index contributed by atoms with van der Waals surface area (Å²) in [6.07, 6.45) is 0.0473. The van der Waals surface area contributed by atoms with Gasteiger partial charge in [-0.05, 0) is 42.2 Å². The molecule has 3 nitrogen and oxygen atoms in total. The van der Waals surface area contributed by atoms with Gasteiger partial charge in [0.2, 0.25) is 0 Å². The Morgan fingerprint density at radius 2 is 1.80 bits per heavy atom. The van der Waals surface area contributed by atoms with Crippen molar-refractivity contribution in [3.05, 3.63) is 64.7 Å². The molecule has 0 aromatic heterocycles. The van der Waals surface area contributed by atoms with Crippen molar-refractivity contribution in [2.75, 3.05) is 0 Å². The molecule has 20 heavy (non-hydrogen) atoms. The molecule has 3 heteroatoms. The number of aliphatic carboxylic acids is 1. The average Bonchev–Trinajstić information content (AvgIpc) is 2.41. The van der Waals surface area contributed by atoms with E-state index in [2.05, 4.69) is 0 Å². The zero-order chi connectivity index (χ0) is 14.5. The largest absolute Gasteiger partial charge is 0.489 e. The Kier molecular flexibility index (Phi) is 4.41. The number of benzene rings is 2. The highest BCUT2D eigenvalue weighted by Gasteiger charge is 2.09. The highest BCUT2D eigenvalue weighted by Crippen LogP contribution is 2.24. The van der Waals surface area contributed by atoms with E-state index in [0.29, 0.717) is 6.61 Å². The van der Waals surface area contributed by atoms with Crippen LogP contribution >= 0.6 is 0 Å². The molecule has 0 aliphatic heterocycles. The first kappa shape index (κ1) is 14.1. The lowest BCUT2D eigenvalue weighted by Gasteiger charge is -2.12. The monoisotopic (exact) mass is 270 g/mol. The summed E-state index contributed by atoms with van der Waals surface area (Å²) in [6, 6.07) is 13.8. The van der Waals surface area contributed by atoms with Crippen LogP contribution < -0.4 is 4.74 Å². The van der Waals surface area contributed by atoms with Crippen LogP contribution in [0.25, 0.3) is 0 Å². The van der Waals surface area contributed by atoms with Gasteiger partial charge in [0, 0.05) is 0 Å². The maximum absolute atomic E-state index is 10.8. The summed E-state index contributed by atoms with van der Waals surface area (Å²) in [5, 5.41) is 8.87. The van der Waals surface area contributed by atoms with Gasteiger partial charge in [0.15, 0.2) is 0 Å². The summed E-state index contributed by atoms with van der Waals surface area (Å²) in [7, 11) is 0. The van der Waals surface area contributed by atoms with Crippen LogP contribution in [0, 0.1) is 13.8 Å². The first-order valence-electron chi connectivity index (χ1n) is 6.55. The molecule has 0 atom stereocenters. The Morgan fingerprint density at radius 3 is 2.45 bits per heavy atom. The molecule has 0 saturated carbocycles. The van der Waals surface area contributed by atoms with Crippen LogP contribution in [0.1, 0.15) is 22.3 Å². The summed E-state index contributed by atoms with van der Waals surface area (Å²) in [5.41, 5.74) is 3.85. The van der Waals surface area contributed by atoms with Gasteiger partial charge in [-0.2, -0.15) is 0 Å². The van der Waals surface area contributed by atoms with Crippen LogP contribution in [0.15, 0.2) is 42.5 Å². The minimum atomic E-state index is -0.814. The van der Waals surface area contributed by atoms with Crippen molar-refractivity contribution in [1.29, 1.82) is 0 Å². The summed E-state index contributed by atoms with van der Waals surface area (Å²) in [4.78, 5) is 10.8. The number of ether oxygens (including phenoxy) is 1. The fraction of sp³-hybridized carbons (Fsp3) is 0.235. The molecule has 2 rings (SSSR count). The van der Waals surface area contributed by atoms with Crippen molar-refractivity contribution >= 4 is 5.97 Å². The van der Waals surface area contributed by atoms with Gasteiger partial charge in [-0.15, -0.1) is 0 Å². The maximum atomic E-state index is 10.8. The van der Waals surface area contributed by atoms with Gasteiger partial charge < -0.3 is 9.84 Å². The van der Waals surface area contributed by atoms with Crippen LogP contribution in [0.4, 0.5) is 0 Å². The normalized spacial score (nSPS) is 10.3. The zero-order valence-electron chi connectivity index (χ0n) is 11.7. The van der Waals surface area contributed by atoms with Crippen molar-refractivity contribution < 1.29 is 14.6 Å². The lowest BCUT2D eigenvalue weighted by Crippen LogP contribution is -2.04. The van der Waals surface area contributed by atoms with E-state index in [4.69, 9.17) is 9.84 Å². The van der Waals surface area contributed by atoms with E-state index in [-0.39, 0.29) is 6.42 Å². The van der Waals surface area contributed by atoms with Gasteiger partial charge >= 0.3 is 5.97 Å². The molecular weight excluding hydrogens is 252 g/mol. The predicted octanol–water partition coefficient (Wildman–Crippen LogP) is 3.51. The molecule has 2 aromatic rings. The molecule has 0 spiro atoms. The van der Waals surface area contributed by atoms with Crippen LogP contribution in [0.5, 0.6) is 5.75 Å². The molecule has 104 valence electrons. The molecule has 0 heterocycles. The summed E-state index contributed by atoms with van der Waals surface area (Å²) >= 11 is 0. The Bertz CT molecular complexity index is 603. The number of hydrogen-bond acceptors (Lipinski definition) is 2. The quantitative estimate of drug-likeness (QED) is 0.904. The van der Waals surface area contributed by atoms with Crippen molar-refractivity contribution in [3.8, 4) is 5.75 Å². The highest BCUT2D eigenvalue weighted by atomic mass is 16.5. The second kappa shape index (κ2) is 6.24. The van der Waals surface area contributed by atoms with E-state index in [0.717, 1.165) is 28.0 Å². The number of rotatable bonds is 5. The molecule has 0 bridgehead atoms. The lowest BCUT2D eigenvalue weighted by molar-refractivity contribution is -0.136. The van der Waals surface area contributed by atoms with E-state index >= 15 is 0 Å². The molecule has 0 aliphatic rings. The smallest absolute Gasteiger partial charge is 0.307 e. The first-order valence-corrected chi connectivity index (χ1v) is 6.55. The standard InChI is InChI=1S/C17H18O3/c1-12-9-16(13(2)8-15(12)10-17(18)19)20-11-14-6-4-3-5-7-14/h3-9H,10-11H2,1-2H3,(H,18,19). The van der Waals surface area contributed by atoms with Crippen molar-refractivity contribution in [1.82, 2.24) is 0 Å². The maximum Gasteiger partial charge on any atom is 0.307 e. The number of carbonyl (C=O) groups is 1. The van der Waals surface area contributed by atoms with E-state index < -0.39 is 5.97 Å². The predicted molar refractivity (Wildman–Crippen MR) is 78.0 cm³/mol. The number of carboxylic acids is 1. The first-order chi connectivity index (χ1) is 9.56. The average molecular weight is 270 g/mol. The van der Waals surface area contributed by atoms with Crippen LogP contribution in [-0.4, -0.2) is 11.1 Å². The van der Waals surface area contributed by atoms with Crippen LogP contribution in [0.2, 0.25) is 0 Å².